The Balaban J connectivity index is 0.874. The molecular weight excluding hydrogens is 707 g/mol. The third-order valence-corrected chi connectivity index (χ3v) is 14.8. The lowest BCUT2D eigenvalue weighted by molar-refractivity contribution is -0.0584. The highest BCUT2D eigenvalue weighted by atomic mass is 16.5. The van der Waals surface area contributed by atoms with Crippen molar-refractivity contribution >= 4 is 11.6 Å². The second-order valence-electron chi connectivity index (χ2n) is 19.0. The fourth-order valence-electron chi connectivity index (χ4n) is 12.2. The molecule has 8 heteroatoms. The summed E-state index contributed by atoms with van der Waals surface area (Å²) in [7, 11) is 0. The number of hydrogen-bond donors (Lipinski definition) is 2. The lowest BCUT2D eigenvalue weighted by Gasteiger charge is -2.57. The first-order valence-electron chi connectivity index (χ1n) is 22.7. The Morgan fingerprint density at radius 2 is 1.53 bits per heavy atom. The van der Waals surface area contributed by atoms with Gasteiger partial charge in [0.15, 0.2) is 0 Å². The highest BCUT2D eigenvalue weighted by molar-refractivity contribution is 5.99. The number of ether oxygens (including phenoxy) is 1. The molecule has 1 amide bonds. The molecule has 2 saturated heterocycles. The number of aromatic nitrogens is 1. The van der Waals surface area contributed by atoms with Gasteiger partial charge in [-0.1, -0.05) is 37.1 Å². The zero-order valence-corrected chi connectivity index (χ0v) is 35.5. The topological polar surface area (TPSA) is 80.9 Å². The zero-order chi connectivity index (χ0) is 39.5. The minimum Gasteiger partial charge on any atom is -0.381 e. The van der Waals surface area contributed by atoms with Gasteiger partial charge in [0.05, 0.1) is 0 Å². The molecule has 6 fully saturated rings. The second kappa shape index (κ2) is 17.8. The number of anilines is 1. The Kier molecular flexibility index (Phi) is 12.6. The van der Waals surface area contributed by atoms with E-state index in [0.29, 0.717) is 17.2 Å². The molecule has 308 valence electrons. The van der Waals surface area contributed by atoms with Crippen molar-refractivity contribution in [2.24, 2.45) is 23.2 Å². The van der Waals surface area contributed by atoms with Crippen LogP contribution in [-0.2, 0) is 17.8 Å². The van der Waals surface area contributed by atoms with Crippen molar-refractivity contribution in [3.8, 4) is 11.1 Å². The molecule has 8 nitrogen and oxygen atoms in total. The van der Waals surface area contributed by atoms with Gasteiger partial charge in [-0.25, -0.2) is 0 Å². The normalized spacial score (nSPS) is 25.2. The second-order valence-corrected chi connectivity index (χ2v) is 19.0. The van der Waals surface area contributed by atoms with Crippen LogP contribution in [0.15, 0.2) is 47.3 Å². The Morgan fingerprint density at radius 3 is 2.18 bits per heavy atom. The van der Waals surface area contributed by atoms with Crippen LogP contribution >= 0.6 is 0 Å². The molecule has 0 atom stereocenters. The summed E-state index contributed by atoms with van der Waals surface area (Å²) >= 11 is 0. The van der Waals surface area contributed by atoms with E-state index in [9.17, 15) is 9.59 Å². The van der Waals surface area contributed by atoms with E-state index in [2.05, 4.69) is 69.2 Å². The minimum absolute atomic E-state index is 0.148. The van der Waals surface area contributed by atoms with Gasteiger partial charge in [0.1, 0.15) is 0 Å². The van der Waals surface area contributed by atoms with Crippen molar-refractivity contribution in [3.63, 3.8) is 0 Å². The standard InChI is InChI=1S/C49H69N5O3/c1-5-54(43-13-21-57-22-14-43)46-28-42(27-44(36(46)4)47(55)50-32-45-34(2)23-35(3)51-48(45)56)41-11-9-37(10-12-41)33-53-19-17-52(18-20-53)16-8-6-7-15-49-29-38-24-39(30-49)26-40(25-38)31-49/h9-12,23,27-28,38-40,43H,5-8,13-22,24-26,29-33H2,1-4H3,(H,50,55)(H,51,56). The van der Waals surface area contributed by atoms with E-state index in [4.69, 9.17) is 4.74 Å². The van der Waals surface area contributed by atoms with Crippen LogP contribution in [0.5, 0.6) is 0 Å². The zero-order valence-electron chi connectivity index (χ0n) is 35.5. The summed E-state index contributed by atoms with van der Waals surface area (Å²) in [5, 5.41) is 3.09. The first-order chi connectivity index (χ1) is 27.6. The molecule has 0 spiro atoms. The molecule has 2 aliphatic heterocycles. The number of carbonyl (C=O) groups is 1. The summed E-state index contributed by atoms with van der Waals surface area (Å²) in [6.45, 7) is 17.4. The Morgan fingerprint density at radius 1 is 0.860 bits per heavy atom. The van der Waals surface area contributed by atoms with Crippen molar-refractivity contribution in [3.05, 3.63) is 86.3 Å². The molecule has 3 aromatic rings. The maximum absolute atomic E-state index is 14.0. The van der Waals surface area contributed by atoms with E-state index in [0.717, 1.165) is 109 Å². The van der Waals surface area contributed by atoms with Gasteiger partial charge in [-0.2, -0.15) is 0 Å². The van der Waals surface area contributed by atoms with Crippen molar-refractivity contribution in [2.75, 3.05) is 57.4 Å². The molecule has 4 aliphatic carbocycles. The molecular formula is C49H69N5O3. The number of pyridine rings is 1. The number of aromatic amines is 1. The van der Waals surface area contributed by atoms with Crippen LogP contribution in [0.4, 0.5) is 5.69 Å². The van der Waals surface area contributed by atoms with Gasteiger partial charge in [-0.15, -0.1) is 0 Å². The van der Waals surface area contributed by atoms with Gasteiger partial charge in [0.25, 0.3) is 11.5 Å². The molecule has 4 bridgehead atoms. The summed E-state index contributed by atoms with van der Waals surface area (Å²) in [6.07, 6.45) is 17.0. The Hall–Kier alpha value is -3.46. The van der Waals surface area contributed by atoms with Gasteiger partial charge in [0, 0.05) is 87.6 Å². The molecule has 2 aromatic carbocycles. The Labute approximate surface area is 342 Å². The van der Waals surface area contributed by atoms with Gasteiger partial charge in [0.2, 0.25) is 0 Å². The molecule has 3 heterocycles. The third-order valence-electron chi connectivity index (χ3n) is 14.8. The van der Waals surface area contributed by atoms with Gasteiger partial charge in [-0.05, 0) is 168 Å². The summed E-state index contributed by atoms with van der Waals surface area (Å²) in [5.74, 6) is 3.07. The summed E-state index contributed by atoms with van der Waals surface area (Å²) < 4.78 is 5.72. The number of rotatable bonds is 15. The largest absolute Gasteiger partial charge is 0.381 e. The molecule has 1 aromatic heterocycles. The van der Waals surface area contributed by atoms with Gasteiger partial charge < -0.3 is 24.8 Å². The number of hydrogen-bond acceptors (Lipinski definition) is 6. The van der Waals surface area contributed by atoms with E-state index in [-0.39, 0.29) is 18.0 Å². The number of benzene rings is 2. The fraction of sp³-hybridized carbons (Fsp3) is 0.633. The molecule has 0 radical (unpaired) electrons. The highest BCUT2D eigenvalue weighted by Gasteiger charge is 2.50. The number of carbonyl (C=O) groups excluding carboxylic acids is 1. The quantitative estimate of drug-likeness (QED) is 0.150. The van der Waals surface area contributed by atoms with Crippen LogP contribution in [0.2, 0.25) is 0 Å². The van der Waals surface area contributed by atoms with Crippen LogP contribution in [0.1, 0.15) is 122 Å². The maximum atomic E-state index is 14.0. The van der Waals surface area contributed by atoms with E-state index in [1.165, 1.54) is 50.9 Å². The monoisotopic (exact) mass is 776 g/mol. The first-order valence-corrected chi connectivity index (χ1v) is 22.7. The fourth-order valence-corrected chi connectivity index (χ4v) is 12.2. The number of aryl methyl sites for hydroxylation is 2. The molecule has 9 rings (SSSR count). The smallest absolute Gasteiger partial charge is 0.253 e. The maximum Gasteiger partial charge on any atom is 0.253 e. The predicted molar refractivity (Wildman–Crippen MR) is 232 cm³/mol. The van der Waals surface area contributed by atoms with Crippen LogP contribution in [0.3, 0.4) is 0 Å². The SMILES string of the molecule is CCN(c1cc(-c2ccc(CN3CCN(CCCCCC45CC6CC(CC(C6)C4)C5)CC3)cc2)cc(C(=O)NCc2c(C)cc(C)[nH]c2=O)c1C)C1CCOCC1. The van der Waals surface area contributed by atoms with E-state index < -0.39 is 0 Å². The lowest BCUT2D eigenvalue weighted by atomic mass is 9.48. The van der Waals surface area contributed by atoms with Gasteiger partial charge >= 0.3 is 0 Å². The van der Waals surface area contributed by atoms with Crippen molar-refractivity contribution < 1.29 is 9.53 Å². The summed E-state index contributed by atoms with van der Waals surface area (Å²) in [4.78, 5) is 37.4. The van der Waals surface area contributed by atoms with Crippen LogP contribution < -0.4 is 15.8 Å². The van der Waals surface area contributed by atoms with E-state index in [1.54, 1.807) is 38.5 Å². The predicted octanol–water partition coefficient (Wildman–Crippen LogP) is 8.80. The van der Waals surface area contributed by atoms with Crippen LogP contribution in [0, 0.1) is 43.9 Å². The number of H-pyrrole nitrogens is 1. The number of nitrogens with zero attached hydrogens (tertiary/aromatic N) is 3. The summed E-state index contributed by atoms with van der Waals surface area (Å²) in [6, 6.07) is 15.6. The highest BCUT2D eigenvalue weighted by Crippen LogP contribution is 2.61. The molecule has 2 N–H and O–H groups in total. The number of piperazine rings is 1. The number of nitrogens with one attached hydrogen (secondary N) is 2. The van der Waals surface area contributed by atoms with Crippen LogP contribution in [0.25, 0.3) is 11.1 Å². The average molecular weight is 776 g/mol. The van der Waals surface area contributed by atoms with E-state index in [1.807, 2.05) is 26.0 Å². The lowest BCUT2D eigenvalue weighted by Crippen LogP contribution is -2.46. The number of amides is 1. The van der Waals surface area contributed by atoms with Crippen LogP contribution in [-0.4, -0.2) is 79.2 Å². The van der Waals surface area contributed by atoms with Gasteiger partial charge in [-0.3, -0.25) is 14.5 Å². The Bertz CT molecular complexity index is 1870. The molecule has 6 aliphatic rings. The average Bonchev–Trinajstić information content (AvgIpc) is 3.19. The molecule has 0 unspecified atom stereocenters. The molecule has 57 heavy (non-hydrogen) atoms. The summed E-state index contributed by atoms with van der Waals surface area (Å²) in [5.41, 5.74) is 9.08. The van der Waals surface area contributed by atoms with Crippen molar-refractivity contribution in [2.45, 2.75) is 124 Å². The first kappa shape index (κ1) is 40.3. The molecule has 4 saturated carbocycles. The number of unbranched alkanes of at least 4 members (excludes halogenated alkanes) is 2. The van der Waals surface area contributed by atoms with E-state index >= 15 is 0 Å². The van der Waals surface area contributed by atoms with Crippen molar-refractivity contribution in [1.82, 2.24) is 20.1 Å². The minimum atomic E-state index is -0.161. The van der Waals surface area contributed by atoms with Crippen molar-refractivity contribution in [1.29, 1.82) is 0 Å². The third kappa shape index (κ3) is 9.39.